The number of nitrogens with zero attached hydrogens (tertiary/aromatic N) is 1. The van der Waals surface area contributed by atoms with Crippen molar-refractivity contribution in [2.75, 3.05) is 18.0 Å². The molecule has 3 heteroatoms. The maximum atomic E-state index is 13.0. The Morgan fingerprint density at radius 1 is 1.29 bits per heavy atom. The van der Waals surface area contributed by atoms with Crippen molar-refractivity contribution in [3.8, 4) is 0 Å². The Hall–Kier alpha value is -1.12. The van der Waals surface area contributed by atoms with Crippen LogP contribution in [0.2, 0.25) is 0 Å². The van der Waals surface area contributed by atoms with Gasteiger partial charge in [-0.25, -0.2) is 8.78 Å². The van der Waals surface area contributed by atoms with Crippen LogP contribution in [0.15, 0.2) is 24.3 Å². The van der Waals surface area contributed by atoms with Crippen LogP contribution in [0.1, 0.15) is 12.0 Å². The molecule has 0 atom stereocenters. The van der Waals surface area contributed by atoms with Crippen LogP contribution in [0.3, 0.4) is 0 Å². The number of alkyl halides is 2. The normalized spacial score (nSPS) is 20.1. The van der Waals surface area contributed by atoms with Gasteiger partial charge in [-0.05, 0) is 18.6 Å². The first-order chi connectivity index (χ1) is 6.58. The Morgan fingerprint density at radius 2 is 2.00 bits per heavy atom. The third-order valence-corrected chi connectivity index (χ3v) is 2.63. The SMILES string of the molecule is Cc1ccccc1N1CCC(F)(F)C1. The molecule has 1 aromatic carbocycles. The lowest BCUT2D eigenvalue weighted by Crippen LogP contribution is -2.25. The first kappa shape index (κ1) is 9.44. The quantitative estimate of drug-likeness (QED) is 0.669. The van der Waals surface area contributed by atoms with Gasteiger partial charge in [-0.2, -0.15) is 0 Å². The van der Waals surface area contributed by atoms with Crippen LogP contribution in [0.25, 0.3) is 0 Å². The summed E-state index contributed by atoms with van der Waals surface area (Å²) in [5.41, 5.74) is 2.00. The second-order valence-corrected chi connectivity index (χ2v) is 3.81. The highest BCUT2D eigenvalue weighted by molar-refractivity contribution is 5.54. The van der Waals surface area contributed by atoms with Crippen LogP contribution >= 0.6 is 0 Å². The highest BCUT2D eigenvalue weighted by Crippen LogP contribution is 2.32. The Labute approximate surface area is 82.3 Å². The van der Waals surface area contributed by atoms with Crippen LogP contribution in [0.5, 0.6) is 0 Å². The third-order valence-electron chi connectivity index (χ3n) is 2.63. The largest absolute Gasteiger partial charge is 0.365 e. The third kappa shape index (κ3) is 1.72. The van der Waals surface area contributed by atoms with Crippen molar-refractivity contribution >= 4 is 5.69 Å². The van der Waals surface area contributed by atoms with E-state index in [4.69, 9.17) is 0 Å². The molecule has 0 radical (unpaired) electrons. The number of rotatable bonds is 1. The monoisotopic (exact) mass is 197 g/mol. The van der Waals surface area contributed by atoms with E-state index in [0.29, 0.717) is 6.54 Å². The minimum absolute atomic E-state index is 0.0265. The van der Waals surface area contributed by atoms with Gasteiger partial charge in [0.15, 0.2) is 0 Å². The maximum Gasteiger partial charge on any atom is 0.266 e. The molecule has 0 aromatic heterocycles. The van der Waals surface area contributed by atoms with Gasteiger partial charge >= 0.3 is 0 Å². The lowest BCUT2D eigenvalue weighted by molar-refractivity contribution is 0.0257. The molecule has 0 N–H and O–H groups in total. The van der Waals surface area contributed by atoms with E-state index in [1.54, 1.807) is 4.90 Å². The molecule has 1 saturated heterocycles. The zero-order valence-electron chi connectivity index (χ0n) is 8.13. The number of hydrogen-bond donors (Lipinski definition) is 0. The average Bonchev–Trinajstić information content (AvgIpc) is 2.47. The van der Waals surface area contributed by atoms with E-state index in [0.717, 1.165) is 11.3 Å². The van der Waals surface area contributed by atoms with Crippen molar-refractivity contribution in [1.29, 1.82) is 0 Å². The van der Waals surface area contributed by atoms with E-state index in [9.17, 15) is 8.78 Å². The number of benzene rings is 1. The van der Waals surface area contributed by atoms with Crippen molar-refractivity contribution in [3.05, 3.63) is 29.8 Å². The second-order valence-electron chi connectivity index (χ2n) is 3.81. The summed E-state index contributed by atoms with van der Waals surface area (Å²) in [6, 6.07) is 7.66. The lowest BCUT2D eigenvalue weighted by Gasteiger charge is -2.20. The molecule has 0 aliphatic carbocycles. The van der Waals surface area contributed by atoms with Crippen molar-refractivity contribution in [2.24, 2.45) is 0 Å². The maximum absolute atomic E-state index is 13.0. The number of hydrogen-bond acceptors (Lipinski definition) is 1. The smallest absolute Gasteiger partial charge is 0.266 e. The molecule has 1 heterocycles. The molecule has 1 aliphatic rings. The fourth-order valence-corrected chi connectivity index (χ4v) is 1.86. The Kier molecular flexibility index (Phi) is 2.17. The first-order valence-electron chi connectivity index (χ1n) is 4.77. The summed E-state index contributed by atoms with van der Waals surface area (Å²) >= 11 is 0. The summed E-state index contributed by atoms with van der Waals surface area (Å²) in [4.78, 5) is 1.76. The zero-order valence-corrected chi connectivity index (χ0v) is 8.13. The van der Waals surface area contributed by atoms with E-state index in [2.05, 4.69) is 0 Å². The Bertz CT molecular complexity index is 336. The fraction of sp³-hybridized carbons (Fsp3) is 0.455. The molecule has 0 spiro atoms. The molecule has 2 rings (SSSR count). The molecule has 0 unspecified atom stereocenters. The van der Waals surface area contributed by atoms with Crippen molar-refractivity contribution in [2.45, 2.75) is 19.3 Å². The average molecular weight is 197 g/mol. The van der Waals surface area contributed by atoms with Gasteiger partial charge in [-0.15, -0.1) is 0 Å². The van der Waals surface area contributed by atoms with Crippen LogP contribution < -0.4 is 4.90 Å². The summed E-state index contributed by atoms with van der Waals surface area (Å²) in [5, 5.41) is 0. The topological polar surface area (TPSA) is 3.24 Å². The molecule has 1 aliphatic heterocycles. The summed E-state index contributed by atoms with van der Waals surface area (Å²) in [6.45, 7) is 2.27. The molecule has 1 fully saturated rings. The van der Waals surface area contributed by atoms with Gasteiger partial charge in [0.2, 0.25) is 0 Å². The van der Waals surface area contributed by atoms with Gasteiger partial charge in [0.25, 0.3) is 5.92 Å². The number of para-hydroxylation sites is 1. The van der Waals surface area contributed by atoms with E-state index in [-0.39, 0.29) is 13.0 Å². The molecular weight excluding hydrogens is 184 g/mol. The predicted octanol–water partition coefficient (Wildman–Crippen LogP) is 2.84. The zero-order chi connectivity index (χ0) is 10.2. The minimum atomic E-state index is -2.51. The molecule has 76 valence electrons. The molecule has 14 heavy (non-hydrogen) atoms. The highest BCUT2D eigenvalue weighted by Gasteiger charge is 2.38. The minimum Gasteiger partial charge on any atom is -0.365 e. The van der Waals surface area contributed by atoms with Gasteiger partial charge in [0.05, 0.1) is 6.54 Å². The first-order valence-corrected chi connectivity index (χ1v) is 4.77. The van der Waals surface area contributed by atoms with E-state index in [1.807, 2.05) is 31.2 Å². The molecule has 1 aromatic rings. The Balaban J connectivity index is 2.22. The van der Waals surface area contributed by atoms with Crippen LogP contribution in [0.4, 0.5) is 14.5 Å². The molecule has 1 nitrogen and oxygen atoms in total. The highest BCUT2D eigenvalue weighted by atomic mass is 19.3. The van der Waals surface area contributed by atoms with Crippen molar-refractivity contribution < 1.29 is 8.78 Å². The van der Waals surface area contributed by atoms with Gasteiger partial charge in [-0.3, -0.25) is 0 Å². The second kappa shape index (κ2) is 3.23. The van der Waals surface area contributed by atoms with Gasteiger partial charge in [0.1, 0.15) is 0 Å². The molecular formula is C11H13F2N. The van der Waals surface area contributed by atoms with Gasteiger partial charge in [0, 0.05) is 18.7 Å². The van der Waals surface area contributed by atoms with Crippen LogP contribution in [-0.4, -0.2) is 19.0 Å². The van der Waals surface area contributed by atoms with E-state index >= 15 is 0 Å². The van der Waals surface area contributed by atoms with E-state index < -0.39 is 5.92 Å². The number of anilines is 1. The summed E-state index contributed by atoms with van der Waals surface area (Å²) in [6.07, 6.45) is -0.0265. The van der Waals surface area contributed by atoms with Crippen molar-refractivity contribution in [1.82, 2.24) is 0 Å². The predicted molar refractivity (Wildman–Crippen MR) is 53.0 cm³/mol. The summed E-state index contributed by atoms with van der Waals surface area (Å²) in [7, 11) is 0. The lowest BCUT2D eigenvalue weighted by atomic mass is 10.2. The van der Waals surface area contributed by atoms with E-state index in [1.165, 1.54) is 0 Å². The number of halogens is 2. The van der Waals surface area contributed by atoms with Gasteiger partial charge in [-0.1, -0.05) is 18.2 Å². The fourth-order valence-electron chi connectivity index (χ4n) is 1.86. The molecule has 0 saturated carbocycles. The Morgan fingerprint density at radius 3 is 2.57 bits per heavy atom. The van der Waals surface area contributed by atoms with Crippen LogP contribution in [0, 0.1) is 6.92 Å². The molecule has 0 amide bonds. The summed E-state index contributed by atoms with van der Waals surface area (Å²) < 4.78 is 25.9. The number of aryl methyl sites for hydroxylation is 1. The standard InChI is InChI=1S/C11H13F2N/c1-9-4-2-3-5-10(9)14-7-6-11(12,13)8-14/h2-5H,6-8H2,1H3. The van der Waals surface area contributed by atoms with Gasteiger partial charge < -0.3 is 4.90 Å². The molecule has 0 bridgehead atoms. The van der Waals surface area contributed by atoms with Crippen molar-refractivity contribution in [3.63, 3.8) is 0 Å². The summed E-state index contributed by atoms with van der Waals surface area (Å²) in [5.74, 6) is -2.51. The van der Waals surface area contributed by atoms with Crippen LogP contribution in [-0.2, 0) is 0 Å².